The Labute approximate surface area is 285 Å². The van der Waals surface area contributed by atoms with Crippen LogP contribution < -0.4 is 0 Å². The van der Waals surface area contributed by atoms with Crippen molar-refractivity contribution in [1.82, 2.24) is 0 Å². The van der Waals surface area contributed by atoms with Crippen molar-refractivity contribution in [3.8, 4) is 0 Å². The van der Waals surface area contributed by atoms with E-state index < -0.39 is 73.6 Å². The van der Waals surface area contributed by atoms with E-state index in [0.29, 0.717) is 32.3 Å². The molecule has 0 aromatic carbocycles. The van der Waals surface area contributed by atoms with E-state index >= 15 is 0 Å². The highest BCUT2D eigenvalue weighted by atomic mass is 16.7. The van der Waals surface area contributed by atoms with Gasteiger partial charge in [-0.05, 0) is 99.4 Å². The van der Waals surface area contributed by atoms with Crippen molar-refractivity contribution in [2.24, 2.45) is 34.5 Å². The lowest BCUT2D eigenvalue weighted by Crippen LogP contribution is -2.64. The molecule has 18 atom stereocenters. The molecule has 7 aliphatic rings. The van der Waals surface area contributed by atoms with E-state index in [1.165, 1.54) is 0 Å². The molecule has 14 nitrogen and oxygen atoms in total. The maximum absolute atomic E-state index is 12.5. The highest BCUT2D eigenvalue weighted by molar-refractivity contribution is 5.85. The van der Waals surface area contributed by atoms with Gasteiger partial charge in [-0.3, -0.25) is 0 Å². The van der Waals surface area contributed by atoms with Gasteiger partial charge in [0.15, 0.2) is 12.6 Å². The molecule has 49 heavy (non-hydrogen) atoms. The molecule has 3 heterocycles. The molecule has 6 fully saturated rings. The molecule has 2 saturated heterocycles. The molecule has 0 spiro atoms. The lowest BCUT2D eigenvalue weighted by Gasteiger charge is -2.64. The van der Waals surface area contributed by atoms with Crippen molar-refractivity contribution in [2.75, 3.05) is 19.8 Å². The summed E-state index contributed by atoms with van der Waals surface area (Å²) in [4.78, 5) is 11.9. The second-order valence-corrected chi connectivity index (χ2v) is 16.2. The van der Waals surface area contributed by atoms with Crippen molar-refractivity contribution in [3.63, 3.8) is 0 Å². The van der Waals surface area contributed by atoms with Crippen molar-refractivity contribution in [2.45, 2.75) is 145 Å². The zero-order valence-corrected chi connectivity index (χ0v) is 28.3. The summed E-state index contributed by atoms with van der Waals surface area (Å²) in [5, 5.41) is 85.8. The third-order valence-electron chi connectivity index (χ3n) is 14.2. The highest BCUT2D eigenvalue weighted by Gasteiger charge is 2.68. The second-order valence-electron chi connectivity index (χ2n) is 16.2. The molecule has 4 saturated carbocycles. The van der Waals surface area contributed by atoms with Crippen molar-refractivity contribution in [1.29, 1.82) is 0 Å². The number of carbonyl (C=O) groups excluding carboxylic acids is 1. The summed E-state index contributed by atoms with van der Waals surface area (Å²) < 4.78 is 28.7. The Balaban J connectivity index is 0.995. The summed E-state index contributed by atoms with van der Waals surface area (Å²) in [5.74, 6) is 0.104. The molecule has 0 bridgehead atoms. The molecule has 0 aromatic rings. The number of carbonyl (C=O) groups is 1. The van der Waals surface area contributed by atoms with Gasteiger partial charge in [0.05, 0.1) is 24.4 Å². The number of rotatable bonds is 7. The fraction of sp³-hybridized carbons (Fsp3) is 0.914. The monoisotopic (exact) mass is 698 g/mol. The molecule has 3 aliphatic heterocycles. The fourth-order valence-electron chi connectivity index (χ4n) is 11.4. The molecule has 8 N–H and O–H groups in total. The van der Waals surface area contributed by atoms with Gasteiger partial charge in [-0.1, -0.05) is 6.92 Å². The second kappa shape index (κ2) is 13.3. The van der Waals surface area contributed by atoms with E-state index in [1.807, 2.05) is 0 Å². The molecule has 278 valence electrons. The summed E-state index contributed by atoms with van der Waals surface area (Å²) >= 11 is 0. The number of hydrogen-bond donors (Lipinski definition) is 8. The van der Waals surface area contributed by atoms with Crippen molar-refractivity contribution < 1.29 is 69.3 Å². The van der Waals surface area contributed by atoms with Gasteiger partial charge < -0.3 is 64.5 Å². The molecule has 7 rings (SSSR count). The minimum atomic E-state index is -1.67. The lowest BCUT2D eigenvalue weighted by atomic mass is 9.43. The Morgan fingerprint density at radius 2 is 1.57 bits per heavy atom. The predicted octanol–water partition coefficient (Wildman–Crippen LogP) is -0.747. The van der Waals surface area contributed by atoms with Gasteiger partial charge >= 0.3 is 5.97 Å². The number of aliphatic hydroxyl groups is 8. The van der Waals surface area contributed by atoms with Crippen LogP contribution in [0.3, 0.4) is 0 Å². The van der Waals surface area contributed by atoms with Gasteiger partial charge in [0, 0.05) is 18.1 Å². The Hall–Kier alpha value is -1.27. The quantitative estimate of drug-likeness (QED) is 0.121. The number of aliphatic hydroxyl groups excluding tert-OH is 7. The third-order valence-corrected chi connectivity index (χ3v) is 14.2. The third kappa shape index (κ3) is 5.64. The number of esters is 1. The van der Waals surface area contributed by atoms with E-state index in [-0.39, 0.29) is 53.2 Å². The first-order valence-corrected chi connectivity index (χ1v) is 18.1. The summed E-state index contributed by atoms with van der Waals surface area (Å²) in [6.45, 7) is 3.47. The van der Waals surface area contributed by atoms with Crippen LogP contribution in [0.1, 0.15) is 71.6 Å². The van der Waals surface area contributed by atoms with Gasteiger partial charge in [0.2, 0.25) is 0 Å². The predicted molar refractivity (Wildman–Crippen MR) is 167 cm³/mol. The van der Waals surface area contributed by atoms with Crippen LogP contribution in [0.4, 0.5) is 0 Å². The topological polar surface area (TPSA) is 225 Å². The normalized spacial score (nSPS) is 54.4. The minimum absolute atomic E-state index is 0.0184. The zero-order chi connectivity index (χ0) is 35.0. The highest BCUT2D eigenvalue weighted by Crippen LogP contribution is 2.70. The van der Waals surface area contributed by atoms with Gasteiger partial charge in [-0.15, -0.1) is 0 Å². The van der Waals surface area contributed by atoms with Crippen LogP contribution in [0.2, 0.25) is 0 Å². The average Bonchev–Trinajstić information content (AvgIpc) is 3.64. The van der Waals surface area contributed by atoms with Crippen LogP contribution in [0.15, 0.2) is 11.6 Å². The van der Waals surface area contributed by atoms with Crippen molar-refractivity contribution >= 4 is 5.97 Å². The lowest BCUT2D eigenvalue weighted by molar-refractivity contribution is -0.360. The van der Waals surface area contributed by atoms with Crippen LogP contribution >= 0.6 is 0 Å². The van der Waals surface area contributed by atoms with E-state index in [0.717, 1.165) is 37.7 Å². The van der Waals surface area contributed by atoms with Crippen LogP contribution in [0, 0.1) is 34.5 Å². The van der Waals surface area contributed by atoms with Gasteiger partial charge in [0.1, 0.15) is 49.3 Å². The molecular formula is C35H54O14. The minimum Gasteiger partial charge on any atom is -0.458 e. The first-order chi connectivity index (χ1) is 23.3. The van der Waals surface area contributed by atoms with Gasteiger partial charge in [0.25, 0.3) is 0 Å². The molecule has 3 unspecified atom stereocenters. The standard InChI is InChI=1S/C35H54O14/c1-16-30(49-32-28(42)26(40)25(39)23(13-36)48-32)27(41)29(43)31(46-16)47-19-5-9-34(15-37)18(12-19)3-4-22-21(34)6-8-33(2)20(7-10-35(22,33)44)17-11-24(38)45-14-17/h11,16,18-23,25-32,36-37,39-44H,3-10,12-15H2,1-2H3/t16-,18+,19+,20-,21?,22-,23-,25-,26+,27+,28-,29-,30?,31+,32?,33-,34-,35+/m1/s1. The largest absolute Gasteiger partial charge is 0.458 e. The molecular weight excluding hydrogens is 644 g/mol. The Morgan fingerprint density at radius 3 is 2.27 bits per heavy atom. The van der Waals surface area contributed by atoms with E-state index in [2.05, 4.69) is 6.92 Å². The molecule has 0 radical (unpaired) electrons. The summed E-state index contributed by atoms with van der Waals surface area (Å²) in [7, 11) is 0. The first-order valence-electron chi connectivity index (χ1n) is 18.1. The fourth-order valence-corrected chi connectivity index (χ4v) is 11.4. The summed E-state index contributed by atoms with van der Waals surface area (Å²) in [5.41, 5.74) is -0.641. The van der Waals surface area contributed by atoms with Crippen LogP contribution in [-0.4, -0.2) is 140 Å². The Kier molecular flexibility index (Phi) is 9.80. The molecule has 4 aliphatic carbocycles. The molecule has 0 amide bonds. The van der Waals surface area contributed by atoms with E-state index in [4.69, 9.17) is 23.7 Å². The Morgan fingerprint density at radius 1 is 0.837 bits per heavy atom. The summed E-state index contributed by atoms with van der Waals surface area (Å²) in [6.07, 6.45) is -5.76. The van der Waals surface area contributed by atoms with Crippen LogP contribution in [-0.2, 0) is 28.5 Å². The SMILES string of the molecule is C[C@H]1O[C@@H](O[C@H]2CC[C@]3(CO)C4CC[C@]5(C)[C@@H](C6=CC(=O)OC6)CC[C@]5(O)[C@@H]4CC[C@H]3C2)[C@H](O)[C@H](O)C1OC1O[C@H](CO)[C@@H](O)[C@H](O)[C@H]1O. The Bertz CT molecular complexity index is 1260. The van der Waals surface area contributed by atoms with Gasteiger partial charge in [-0.25, -0.2) is 4.79 Å². The molecule has 0 aromatic heterocycles. The number of fused-ring (bicyclic) bond motifs is 5. The maximum Gasteiger partial charge on any atom is 0.331 e. The van der Waals surface area contributed by atoms with Crippen LogP contribution in [0.5, 0.6) is 0 Å². The smallest absolute Gasteiger partial charge is 0.331 e. The van der Waals surface area contributed by atoms with Gasteiger partial charge in [-0.2, -0.15) is 0 Å². The number of hydrogen-bond acceptors (Lipinski definition) is 14. The zero-order valence-electron chi connectivity index (χ0n) is 28.3. The average molecular weight is 699 g/mol. The first kappa shape index (κ1) is 36.1. The van der Waals surface area contributed by atoms with E-state index in [1.54, 1.807) is 13.0 Å². The molecule has 14 heteroatoms. The number of cyclic esters (lactones) is 1. The maximum atomic E-state index is 12.5. The van der Waals surface area contributed by atoms with E-state index in [9.17, 15) is 45.6 Å². The summed E-state index contributed by atoms with van der Waals surface area (Å²) in [6, 6.07) is 0. The van der Waals surface area contributed by atoms with Crippen LogP contribution in [0.25, 0.3) is 0 Å². The number of ether oxygens (including phenoxy) is 5. The van der Waals surface area contributed by atoms with Crippen molar-refractivity contribution in [3.05, 3.63) is 11.6 Å².